The second kappa shape index (κ2) is 8.14. The Kier molecular flexibility index (Phi) is 5.91. The van der Waals surface area contributed by atoms with Gasteiger partial charge in [0, 0.05) is 13.0 Å². The number of benzene rings is 2. The minimum absolute atomic E-state index is 0.0454. The van der Waals surface area contributed by atoms with Gasteiger partial charge in [0.15, 0.2) is 5.11 Å². The molecule has 5 heteroatoms. The summed E-state index contributed by atoms with van der Waals surface area (Å²) >= 11 is 5.31. The smallest absolute Gasteiger partial charge is 0.219 e. The molecular formula is C17H19N3OS. The van der Waals surface area contributed by atoms with Crippen LogP contribution in [0, 0.1) is 0 Å². The largest absolute Gasteiger partial charge is 0.370 e. The van der Waals surface area contributed by atoms with Crippen LogP contribution < -0.4 is 16.4 Å². The van der Waals surface area contributed by atoms with E-state index in [9.17, 15) is 4.79 Å². The number of nitrogens with two attached hydrogens (primary N) is 1. The Morgan fingerprint density at radius 3 is 1.95 bits per heavy atom. The molecule has 0 heterocycles. The number of carbonyl (C=O) groups excluding carboxylic acids is 1. The molecule has 0 bridgehead atoms. The lowest BCUT2D eigenvalue weighted by molar-refractivity contribution is -0.117. The summed E-state index contributed by atoms with van der Waals surface area (Å²) in [6.07, 6.45) is 0.253. The predicted molar refractivity (Wildman–Crippen MR) is 92.3 cm³/mol. The average Bonchev–Trinajstić information content (AvgIpc) is 2.54. The zero-order valence-corrected chi connectivity index (χ0v) is 13.0. The van der Waals surface area contributed by atoms with Crippen LogP contribution in [0.2, 0.25) is 0 Å². The van der Waals surface area contributed by atoms with Gasteiger partial charge in [0.05, 0.1) is 6.04 Å². The first-order valence-electron chi connectivity index (χ1n) is 7.09. The number of hydrogen-bond donors (Lipinski definition) is 3. The molecule has 0 aliphatic heterocycles. The molecule has 2 aromatic rings. The van der Waals surface area contributed by atoms with Gasteiger partial charge in [-0.05, 0) is 23.3 Å². The average molecular weight is 313 g/mol. The Morgan fingerprint density at radius 2 is 1.50 bits per heavy atom. The lowest BCUT2D eigenvalue weighted by Crippen LogP contribution is -2.39. The van der Waals surface area contributed by atoms with E-state index in [2.05, 4.69) is 34.9 Å². The summed E-state index contributed by atoms with van der Waals surface area (Å²) in [5.74, 6) is -0.349. The second-order valence-corrected chi connectivity index (χ2v) is 5.28. The highest BCUT2D eigenvalue weighted by Gasteiger charge is 2.14. The van der Waals surface area contributed by atoms with Gasteiger partial charge in [-0.2, -0.15) is 0 Å². The molecule has 4 N–H and O–H groups in total. The first-order valence-corrected chi connectivity index (χ1v) is 7.50. The van der Waals surface area contributed by atoms with Crippen molar-refractivity contribution >= 4 is 23.2 Å². The van der Waals surface area contributed by atoms with Crippen LogP contribution in [-0.2, 0) is 4.79 Å². The topological polar surface area (TPSA) is 67.2 Å². The number of primary amides is 1. The third-order valence-corrected chi connectivity index (χ3v) is 3.46. The van der Waals surface area contributed by atoms with Gasteiger partial charge in [-0.1, -0.05) is 60.7 Å². The maximum Gasteiger partial charge on any atom is 0.219 e. The molecule has 0 radical (unpaired) electrons. The minimum Gasteiger partial charge on any atom is -0.370 e. The zero-order valence-electron chi connectivity index (χ0n) is 12.2. The van der Waals surface area contributed by atoms with Crippen LogP contribution >= 0.6 is 12.2 Å². The number of rotatable bonds is 6. The van der Waals surface area contributed by atoms with E-state index in [1.54, 1.807) is 0 Å². The lowest BCUT2D eigenvalue weighted by atomic mass is 9.99. The van der Waals surface area contributed by atoms with Gasteiger partial charge in [0.25, 0.3) is 0 Å². The molecule has 0 aliphatic rings. The van der Waals surface area contributed by atoms with Crippen molar-refractivity contribution in [2.45, 2.75) is 12.5 Å². The Labute approximate surface area is 135 Å². The van der Waals surface area contributed by atoms with Crippen molar-refractivity contribution < 1.29 is 4.79 Å². The van der Waals surface area contributed by atoms with Crippen molar-refractivity contribution in [3.63, 3.8) is 0 Å². The molecule has 0 atom stereocenters. The second-order valence-electron chi connectivity index (χ2n) is 4.87. The fourth-order valence-corrected chi connectivity index (χ4v) is 2.35. The number of thiocarbonyl (C=S) groups is 1. The monoisotopic (exact) mass is 313 g/mol. The van der Waals surface area contributed by atoms with Gasteiger partial charge >= 0.3 is 0 Å². The van der Waals surface area contributed by atoms with E-state index >= 15 is 0 Å². The van der Waals surface area contributed by atoms with Crippen LogP contribution in [0.4, 0.5) is 0 Å². The van der Waals surface area contributed by atoms with Gasteiger partial charge in [0.1, 0.15) is 0 Å². The van der Waals surface area contributed by atoms with Gasteiger partial charge in [-0.15, -0.1) is 0 Å². The van der Waals surface area contributed by atoms with Crippen molar-refractivity contribution in [1.82, 2.24) is 10.6 Å². The molecule has 0 saturated carbocycles. The van der Waals surface area contributed by atoms with E-state index in [1.807, 2.05) is 36.4 Å². The minimum atomic E-state index is -0.349. The normalized spacial score (nSPS) is 10.2. The van der Waals surface area contributed by atoms with Crippen LogP contribution in [0.15, 0.2) is 60.7 Å². The number of carbonyl (C=O) groups is 1. The molecule has 0 fully saturated rings. The fraction of sp³-hybridized carbons (Fsp3) is 0.176. The predicted octanol–water partition coefficient (Wildman–Crippen LogP) is 2.12. The van der Waals surface area contributed by atoms with Crippen molar-refractivity contribution in [2.75, 3.05) is 6.54 Å². The highest BCUT2D eigenvalue weighted by molar-refractivity contribution is 7.80. The summed E-state index contributed by atoms with van der Waals surface area (Å²) in [5, 5.41) is 6.79. The van der Waals surface area contributed by atoms with Crippen molar-refractivity contribution in [1.29, 1.82) is 0 Å². The Bertz CT molecular complexity index is 577. The van der Waals surface area contributed by atoms with E-state index in [0.717, 1.165) is 11.1 Å². The first-order chi connectivity index (χ1) is 10.7. The molecule has 0 aliphatic carbocycles. The van der Waals surface area contributed by atoms with Gasteiger partial charge in [-0.3, -0.25) is 4.79 Å². The third kappa shape index (κ3) is 4.86. The van der Waals surface area contributed by atoms with Gasteiger partial charge < -0.3 is 16.4 Å². The van der Waals surface area contributed by atoms with Crippen LogP contribution in [0.25, 0.3) is 0 Å². The maximum absolute atomic E-state index is 10.8. The van der Waals surface area contributed by atoms with Crippen molar-refractivity contribution in [2.24, 2.45) is 5.73 Å². The number of amides is 1. The molecule has 0 aromatic heterocycles. The Morgan fingerprint density at radius 1 is 1.00 bits per heavy atom. The Balaban J connectivity index is 2.09. The van der Waals surface area contributed by atoms with Crippen LogP contribution in [-0.4, -0.2) is 17.6 Å². The molecule has 1 amide bonds. The summed E-state index contributed by atoms with van der Waals surface area (Å²) < 4.78 is 0. The molecule has 0 unspecified atom stereocenters. The first kappa shape index (κ1) is 16.0. The van der Waals surface area contributed by atoms with Crippen molar-refractivity contribution in [3.05, 3.63) is 71.8 Å². The molecule has 22 heavy (non-hydrogen) atoms. The lowest BCUT2D eigenvalue weighted by Gasteiger charge is -2.22. The third-order valence-electron chi connectivity index (χ3n) is 3.20. The molecule has 4 nitrogen and oxygen atoms in total. The standard InChI is InChI=1S/C17H19N3OS/c18-15(21)11-12-19-17(22)20-16(13-7-3-1-4-8-13)14-9-5-2-6-10-14/h1-10,16H,11-12H2,(H2,18,21)(H2,19,20,22). The summed E-state index contributed by atoms with van der Waals surface area (Å²) in [6, 6.07) is 20.1. The highest BCUT2D eigenvalue weighted by atomic mass is 32.1. The number of hydrogen-bond acceptors (Lipinski definition) is 2. The van der Waals surface area contributed by atoms with E-state index in [0.29, 0.717) is 11.7 Å². The molecule has 114 valence electrons. The van der Waals surface area contributed by atoms with Gasteiger partial charge in [-0.25, -0.2) is 0 Å². The van der Waals surface area contributed by atoms with Crippen molar-refractivity contribution in [3.8, 4) is 0 Å². The summed E-state index contributed by atoms with van der Waals surface area (Å²) in [6.45, 7) is 0.428. The SMILES string of the molecule is NC(=O)CCNC(=S)NC(c1ccccc1)c1ccccc1. The van der Waals surface area contributed by atoms with E-state index in [-0.39, 0.29) is 18.4 Å². The van der Waals surface area contributed by atoms with E-state index < -0.39 is 0 Å². The van der Waals surface area contributed by atoms with Crippen LogP contribution in [0.3, 0.4) is 0 Å². The maximum atomic E-state index is 10.8. The molecule has 0 saturated heterocycles. The molecule has 2 rings (SSSR count). The summed E-state index contributed by atoms with van der Waals surface area (Å²) in [5.41, 5.74) is 7.36. The fourth-order valence-electron chi connectivity index (χ4n) is 2.13. The zero-order chi connectivity index (χ0) is 15.8. The highest BCUT2D eigenvalue weighted by Crippen LogP contribution is 2.21. The molecule has 2 aromatic carbocycles. The quantitative estimate of drug-likeness (QED) is 0.715. The summed E-state index contributed by atoms with van der Waals surface area (Å²) in [4.78, 5) is 10.8. The van der Waals surface area contributed by atoms with E-state index in [4.69, 9.17) is 18.0 Å². The number of nitrogens with one attached hydrogen (secondary N) is 2. The van der Waals surface area contributed by atoms with Crippen LogP contribution in [0.1, 0.15) is 23.6 Å². The van der Waals surface area contributed by atoms with Gasteiger partial charge in [0.2, 0.25) is 5.91 Å². The molecular weight excluding hydrogens is 294 g/mol. The summed E-state index contributed by atoms with van der Waals surface area (Å²) in [7, 11) is 0. The molecule has 0 spiro atoms. The van der Waals surface area contributed by atoms with Crippen LogP contribution in [0.5, 0.6) is 0 Å². The Hall–Kier alpha value is -2.40. The van der Waals surface area contributed by atoms with E-state index in [1.165, 1.54) is 0 Å².